The Labute approximate surface area is 216 Å². The zero-order valence-corrected chi connectivity index (χ0v) is 20.9. The third-order valence-corrected chi connectivity index (χ3v) is 6.26. The van der Waals surface area contributed by atoms with E-state index in [2.05, 4.69) is 27.5 Å². The minimum Gasteiger partial charge on any atom is -0.348 e. The Morgan fingerprint density at radius 3 is 2.43 bits per heavy atom. The number of hydrogen-bond acceptors (Lipinski definition) is 4. The van der Waals surface area contributed by atoms with Gasteiger partial charge in [-0.15, -0.1) is 0 Å². The molecule has 5 rings (SSSR count). The van der Waals surface area contributed by atoms with E-state index in [0.29, 0.717) is 13.1 Å². The molecule has 1 amide bonds. The smallest absolute Gasteiger partial charge is 0.244 e. The van der Waals surface area contributed by atoms with Crippen molar-refractivity contribution in [2.45, 2.75) is 26.9 Å². The highest BCUT2D eigenvalue weighted by Gasteiger charge is 2.14. The van der Waals surface area contributed by atoms with Crippen LogP contribution in [0, 0.1) is 13.8 Å². The third kappa shape index (κ3) is 5.56. The van der Waals surface area contributed by atoms with Crippen molar-refractivity contribution in [3.63, 3.8) is 0 Å². The predicted octanol–water partition coefficient (Wildman–Crippen LogP) is 5.13. The molecule has 0 saturated carbocycles. The van der Waals surface area contributed by atoms with Crippen LogP contribution in [0.3, 0.4) is 0 Å². The molecule has 3 heterocycles. The fraction of sp³-hybridized carbons (Fsp3) is 0.133. The molecule has 37 heavy (non-hydrogen) atoms. The minimum atomic E-state index is -0.181. The molecule has 0 saturated heterocycles. The van der Waals surface area contributed by atoms with E-state index in [1.807, 2.05) is 90.1 Å². The van der Waals surface area contributed by atoms with E-state index in [0.717, 1.165) is 39.5 Å². The lowest BCUT2D eigenvalue weighted by molar-refractivity contribution is -0.116. The van der Waals surface area contributed by atoms with E-state index in [-0.39, 0.29) is 5.91 Å². The molecule has 7 heteroatoms. The van der Waals surface area contributed by atoms with E-state index in [9.17, 15) is 4.79 Å². The number of nitrogens with zero attached hydrogens (tertiary/aromatic N) is 5. The highest BCUT2D eigenvalue weighted by molar-refractivity contribution is 5.92. The van der Waals surface area contributed by atoms with Crippen molar-refractivity contribution in [2.24, 2.45) is 0 Å². The molecule has 1 N–H and O–H groups in total. The molecule has 7 nitrogen and oxygen atoms in total. The lowest BCUT2D eigenvalue weighted by Gasteiger charge is -2.06. The van der Waals surface area contributed by atoms with Crippen LogP contribution in [0.5, 0.6) is 0 Å². The van der Waals surface area contributed by atoms with E-state index < -0.39 is 0 Å². The summed E-state index contributed by atoms with van der Waals surface area (Å²) in [7, 11) is 0. The molecule has 0 radical (unpaired) electrons. The van der Waals surface area contributed by atoms with Gasteiger partial charge in [-0.1, -0.05) is 48.5 Å². The first-order chi connectivity index (χ1) is 18.1. The van der Waals surface area contributed by atoms with Crippen LogP contribution in [0.1, 0.15) is 28.1 Å². The number of carbonyl (C=O) groups is 1. The predicted molar refractivity (Wildman–Crippen MR) is 145 cm³/mol. The molecule has 0 spiro atoms. The highest BCUT2D eigenvalue weighted by Crippen LogP contribution is 2.24. The number of rotatable bonds is 8. The summed E-state index contributed by atoms with van der Waals surface area (Å²) in [5, 5.41) is 12.5. The van der Waals surface area contributed by atoms with Crippen molar-refractivity contribution in [2.75, 3.05) is 0 Å². The van der Waals surface area contributed by atoms with Crippen LogP contribution in [-0.2, 0) is 17.9 Å². The normalized spacial score (nSPS) is 11.2. The summed E-state index contributed by atoms with van der Waals surface area (Å²) < 4.78 is 3.80. The Bertz CT molecular complexity index is 1520. The second-order valence-corrected chi connectivity index (χ2v) is 8.80. The number of aromatic nitrogens is 5. The van der Waals surface area contributed by atoms with Gasteiger partial charge in [0.15, 0.2) is 0 Å². The zero-order valence-electron chi connectivity index (χ0n) is 20.9. The molecule has 3 aromatic heterocycles. The standard InChI is InChI=1S/C30H28N6O/c1-22-28(23(2)35(33-22)20-24-10-5-3-6-11-24)19-32-29(37)16-15-26-21-36(27-13-7-4-8-14-27)34-30(26)25-12-9-17-31-18-25/h3-18,21H,19-20H2,1-2H3,(H,32,37)/b16-15+. The second kappa shape index (κ2) is 10.9. The molecule has 0 aliphatic heterocycles. The van der Waals surface area contributed by atoms with Gasteiger partial charge in [0.2, 0.25) is 5.91 Å². The number of pyridine rings is 1. The van der Waals surface area contributed by atoms with Crippen molar-refractivity contribution in [3.05, 3.63) is 126 Å². The summed E-state index contributed by atoms with van der Waals surface area (Å²) in [5.41, 5.74) is 7.60. The maximum atomic E-state index is 12.8. The molecule has 5 aromatic rings. The Hall–Kier alpha value is -4.78. The molecule has 0 fully saturated rings. The van der Waals surface area contributed by atoms with Crippen molar-refractivity contribution in [1.82, 2.24) is 29.9 Å². The van der Waals surface area contributed by atoms with Crippen LogP contribution < -0.4 is 5.32 Å². The van der Waals surface area contributed by atoms with E-state index in [1.54, 1.807) is 24.5 Å². The van der Waals surface area contributed by atoms with Crippen molar-refractivity contribution in [1.29, 1.82) is 0 Å². The number of aryl methyl sites for hydroxylation is 1. The Balaban J connectivity index is 1.31. The summed E-state index contributed by atoms with van der Waals surface area (Å²) >= 11 is 0. The van der Waals surface area contributed by atoms with Gasteiger partial charge in [0, 0.05) is 53.6 Å². The fourth-order valence-corrected chi connectivity index (χ4v) is 4.25. The van der Waals surface area contributed by atoms with E-state index in [1.165, 1.54) is 5.56 Å². The molecule has 0 unspecified atom stereocenters. The van der Waals surface area contributed by atoms with Crippen molar-refractivity contribution < 1.29 is 4.79 Å². The maximum Gasteiger partial charge on any atom is 0.244 e. The van der Waals surface area contributed by atoms with Gasteiger partial charge in [-0.05, 0) is 49.8 Å². The quantitative estimate of drug-likeness (QED) is 0.307. The van der Waals surface area contributed by atoms with Crippen molar-refractivity contribution in [3.8, 4) is 16.9 Å². The first kappa shape index (κ1) is 23.9. The number of para-hydroxylation sites is 1. The average Bonchev–Trinajstić information content (AvgIpc) is 3.48. The van der Waals surface area contributed by atoms with Crippen molar-refractivity contribution >= 4 is 12.0 Å². The topological polar surface area (TPSA) is 77.6 Å². The van der Waals surface area contributed by atoms with Crippen LogP contribution in [0.2, 0.25) is 0 Å². The molecule has 0 atom stereocenters. The van der Waals surface area contributed by atoms with Gasteiger partial charge < -0.3 is 5.32 Å². The van der Waals surface area contributed by atoms with Crippen LogP contribution in [-0.4, -0.2) is 30.5 Å². The van der Waals surface area contributed by atoms with Gasteiger partial charge in [0.05, 0.1) is 17.9 Å². The van der Waals surface area contributed by atoms with Crippen LogP contribution >= 0.6 is 0 Å². The Morgan fingerprint density at radius 2 is 1.70 bits per heavy atom. The first-order valence-electron chi connectivity index (χ1n) is 12.2. The molecule has 2 aromatic carbocycles. The number of carbonyl (C=O) groups excluding carboxylic acids is 1. The summed E-state index contributed by atoms with van der Waals surface area (Å²) in [5.74, 6) is -0.181. The summed E-state index contributed by atoms with van der Waals surface area (Å²) in [6, 6.07) is 23.9. The van der Waals surface area contributed by atoms with Gasteiger partial charge in [0.1, 0.15) is 5.69 Å². The van der Waals surface area contributed by atoms with Crippen LogP contribution in [0.4, 0.5) is 0 Å². The Kier molecular flexibility index (Phi) is 7.03. The second-order valence-electron chi connectivity index (χ2n) is 8.80. The number of nitrogens with one attached hydrogen (secondary N) is 1. The molecule has 184 valence electrons. The SMILES string of the molecule is Cc1nn(Cc2ccccc2)c(C)c1CNC(=O)/C=C/c1cn(-c2ccccc2)nc1-c1cccnc1. The molecule has 0 aliphatic rings. The Morgan fingerprint density at radius 1 is 0.946 bits per heavy atom. The van der Waals surface area contributed by atoms with Gasteiger partial charge in [-0.25, -0.2) is 4.68 Å². The minimum absolute atomic E-state index is 0.181. The lowest BCUT2D eigenvalue weighted by atomic mass is 10.1. The lowest BCUT2D eigenvalue weighted by Crippen LogP contribution is -2.21. The number of amides is 1. The van der Waals surface area contributed by atoms with Gasteiger partial charge in [-0.2, -0.15) is 10.2 Å². The molecular formula is C30H28N6O. The summed E-state index contributed by atoms with van der Waals surface area (Å²) in [6.07, 6.45) is 8.76. The molecular weight excluding hydrogens is 460 g/mol. The van der Waals surface area contributed by atoms with Gasteiger partial charge in [-0.3, -0.25) is 14.5 Å². The van der Waals surface area contributed by atoms with E-state index >= 15 is 0 Å². The van der Waals surface area contributed by atoms with E-state index in [4.69, 9.17) is 5.10 Å². The summed E-state index contributed by atoms with van der Waals surface area (Å²) in [6.45, 7) is 5.13. The van der Waals surface area contributed by atoms with Gasteiger partial charge >= 0.3 is 0 Å². The molecule has 0 bridgehead atoms. The van der Waals surface area contributed by atoms with Crippen LogP contribution in [0.25, 0.3) is 23.0 Å². The number of hydrogen-bond donors (Lipinski definition) is 1. The summed E-state index contributed by atoms with van der Waals surface area (Å²) in [4.78, 5) is 17.0. The maximum absolute atomic E-state index is 12.8. The third-order valence-electron chi connectivity index (χ3n) is 6.26. The number of benzene rings is 2. The first-order valence-corrected chi connectivity index (χ1v) is 12.2. The van der Waals surface area contributed by atoms with Crippen LogP contribution in [0.15, 0.2) is 97.5 Å². The monoisotopic (exact) mass is 488 g/mol. The fourth-order valence-electron chi connectivity index (χ4n) is 4.25. The molecule has 0 aliphatic carbocycles. The zero-order chi connectivity index (χ0) is 25.6. The largest absolute Gasteiger partial charge is 0.348 e. The highest BCUT2D eigenvalue weighted by atomic mass is 16.1. The van der Waals surface area contributed by atoms with Gasteiger partial charge in [0.25, 0.3) is 0 Å². The average molecular weight is 489 g/mol.